The Morgan fingerprint density at radius 2 is 1.64 bits per heavy atom. The predicted molar refractivity (Wildman–Crippen MR) is 87.6 cm³/mol. The Morgan fingerprint density at radius 3 is 2.36 bits per heavy atom. The van der Waals surface area contributed by atoms with Crippen LogP contribution in [-0.4, -0.2) is 18.4 Å². The van der Waals surface area contributed by atoms with Crippen molar-refractivity contribution in [1.29, 1.82) is 0 Å². The summed E-state index contributed by atoms with van der Waals surface area (Å²) in [6.07, 6.45) is 1.19. The normalized spacial score (nSPS) is 10.0. The van der Waals surface area contributed by atoms with Gasteiger partial charge in [-0.15, -0.1) is 0 Å². The number of carbonyl (C=O) groups is 2. The van der Waals surface area contributed by atoms with Crippen LogP contribution >= 0.6 is 0 Å². The first-order valence-electron chi connectivity index (χ1n) is 7.37. The minimum absolute atomic E-state index is 0.0258. The van der Waals surface area contributed by atoms with Crippen molar-refractivity contribution in [3.8, 4) is 0 Å². The molecule has 0 aliphatic heterocycles. The SMILES string of the molecule is CCc1cccc(NC(=O)CNC(=O)Cc2ccccc2)c1. The van der Waals surface area contributed by atoms with Gasteiger partial charge in [0.2, 0.25) is 11.8 Å². The number of amides is 2. The molecule has 4 nitrogen and oxygen atoms in total. The average molecular weight is 296 g/mol. The van der Waals surface area contributed by atoms with Crippen molar-refractivity contribution in [2.45, 2.75) is 19.8 Å². The van der Waals surface area contributed by atoms with E-state index in [0.717, 1.165) is 23.2 Å². The van der Waals surface area contributed by atoms with Gasteiger partial charge in [0.25, 0.3) is 0 Å². The number of rotatable bonds is 6. The van der Waals surface area contributed by atoms with Crippen LogP contribution < -0.4 is 10.6 Å². The summed E-state index contributed by atoms with van der Waals surface area (Å²) in [4.78, 5) is 23.6. The fourth-order valence-electron chi connectivity index (χ4n) is 2.10. The Hall–Kier alpha value is -2.62. The average Bonchev–Trinajstić information content (AvgIpc) is 2.54. The first-order valence-corrected chi connectivity index (χ1v) is 7.37. The van der Waals surface area contributed by atoms with Crippen LogP contribution in [0.3, 0.4) is 0 Å². The predicted octanol–water partition coefficient (Wildman–Crippen LogP) is 2.55. The molecule has 2 aromatic carbocycles. The van der Waals surface area contributed by atoms with Crippen LogP contribution in [0.2, 0.25) is 0 Å². The zero-order valence-electron chi connectivity index (χ0n) is 12.6. The molecule has 0 saturated carbocycles. The first-order chi connectivity index (χ1) is 10.7. The number of hydrogen-bond donors (Lipinski definition) is 2. The van der Waals surface area contributed by atoms with Gasteiger partial charge in [0.15, 0.2) is 0 Å². The van der Waals surface area contributed by atoms with Gasteiger partial charge in [-0.1, -0.05) is 49.4 Å². The molecule has 4 heteroatoms. The fourth-order valence-corrected chi connectivity index (χ4v) is 2.10. The lowest BCUT2D eigenvalue weighted by Crippen LogP contribution is -2.33. The second-order valence-electron chi connectivity index (χ2n) is 5.04. The topological polar surface area (TPSA) is 58.2 Å². The Balaban J connectivity index is 1.78. The molecule has 2 aromatic rings. The molecule has 0 aliphatic rings. The van der Waals surface area contributed by atoms with Crippen molar-refractivity contribution in [2.75, 3.05) is 11.9 Å². The van der Waals surface area contributed by atoms with Crippen LogP contribution in [0.15, 0.2) is 54.6 Å². The van der Waals surface area contributed by atoms with Gasteiger partial charge in [-0.3, -0.25) is 9.59 Å². The van der Waals surface area contributed by atoms with E-state index in [4.69, 9.17) is 0 Å². The van der Waals surface area contributed by atoms with Crippen molar-refractivity contribution in [1.82, 2.24) is 5.32 Å². The third-order valence-electron chi connectivity index (χ3n) is 3.27. The summed E-state index contributed by atoms with van der Waals surface area (Å²) in [6.45, 7) is 2.03. The highest BCUT2D eigenvalue weighted by Gasteiger charge is 2.07. The summed E-state index contributed by atoms with van der Waals surface area (Å²) in [5.74, 6) is -0.390. The second kappa shape index (κ2) is 7.98. The molecule has 0 heterocycles. The second-order valence-corrected chi connectivity index (χ2v) is 5.04. The van der Waals surface area contributed by atoms with Crippen molar-refractivity contribution < 1.29 is 9.59 Å². The van der Waals surface area contributed by atoms with E-state index in [9.17, 15) is 9.59 Å². The monoisotopic (exact) mass is 296 g/mol. The minimum Gasteiger partial charge on any atom is -0.347 e. The van der Waals surface area contributed by atoms with E-state index in [1.165, 1.54) is 0 Å². The largest absolute Gasteiger partial charge is 0.347 e. The number of carbonyl (C=O) groups excluding carboxylic acids is 2. The summed E-state index contributed by atoms with van der Waals surface area (Å²) >= 11 is 0. The highest BCUT2D eigenvalue weighted by atomic mass is 16.2. The molecule has 0 atom stereocenters. The number of nitrogens with one attached hydrogen (secondary N) is 2. The van der Waals surface area contributed by atoms with Gasteiger partial charge in [-0.25, -0.2) is 0 Å². The fraction of sp³-hybridized carbons (Fsp3) is 0.222. The number of benzene rings is 2. The molecule has 0 fully saturated rings. The van der Waals surface area contributed by atoms with Crippen molar-refractivity contribution in [3.63, 3.8) is 0 Å². The van der Waals surface area contributed by atoms with Crippen LogP contribution in [0.1, 0.15) is 18.1 Å². The molecular weight excluding hydrogens is 276 g/mol. The Morgan fingerprint density at radius 1 is 0.909 bits per heavy atom. The maximum atomic E-state index is 11.8. The number of aryl methyl sites for hydroxylation is 1. The zero-order valence-corrected chi connectivity index (χ0v) is 12.6. The van der Waals surface area contributed by atoms with E-state index < -0.39 is 0 Å². The van der Waals surface area contributed by atoms with Crippen LogP contribution in [0.5, 0.6) is 0 Å². The molecule has 0 radical (unpaired) electrons. The molecular formula is C18H20N2O2. The maximum Gasteiger partial charge on any atom is 0.243 e. The van der Waals surface area contributed by atoms with Crippen molar-refractivity contribution in [2.24, 2.45) is 0 Å². The summed E-state index contributed by atoms with van der Waals surface area (Å²) in [5.41, 5.74) is 2.84. The lowest BCUT2D eigenvalue weighted by atomic mass is 10.1. The third kappa shape index (κ3) is 5.05. The maximum absolute atomic E-state index is 11.8. The van der Waals surface area contributed by atoms with Crippen molar-refractivity contribution >= 4 is 17.5 Å². The first kappa shape index (κ1) is 15.8. The lowest BCUT2D eigenvalue weighted by molar-refractivity contribution is -0.123. The molecule has 22 heavy (non-hydrogen) atoms. The van der Waals surface area contributed by atoms with E-state index in [0.29, 0.717) is 0 Å². The van der Waals surface area contributed by atoms with Crippen LogP contribution in [0, 0.1) is 0 Å². The number of hydrogen-bond acceptors (Lipinski definition) is 2. The van der Waals surface area contributed by atoms with Crippen LogP contribution in [0.4, 0.5) is 5.69 Å². The molecule has 2 N–H and O–H groups in total. The van der Waals surface area contributed by atoms with E-state index in [1.54, 1.807) is 0 Å². The minimum atomic E-state index is -0.227. The molecule has 0 bridgehead atoms. The van der Waals surface area contributed by atoms with E-state index >= 15 is 0 Å². The van der Waals surface area contributed by atoms with Gasteiger partial charge in [0, 0.05) is 5.69 Å². The van der Waals surface area contributed by atoms with E-state index in [2.05, 4.69) is 17.6 Å². The zero-order chi connectivity index (χ0) is 15.8. The van der Waals surface area contributed by atoms with Crippen LogP contribution in [-0.2, 0) is 22.4 Å². The summed E-state index contributed by atoms with van der Waals surface area (Å²) < 4.78 is 0. The quantitative estimate of drug-likeness (QED) is 0.860. The number of anilines is 1. The van der Waals surface area contributed by atoms with Gasteiger partial charge >= 0.3 is 0 Å². The van der Waals surface area contributed by atoms with E-state index in [-0.39, 0.29) is 24.8 Å². The highest BCUT2D eigenvalue weighted by molar-refractivity contribution is 5.94. The Bertz CT molecular complexity index is 639. The molecule has 2 amide bonds. The summed E-state index contributed by atoms with van der Waals surface area (Å²) in [6, 6.07) is 17.1. The molecule has 2 rings (SSSR count). The third-order valence-corrected chi connectivity index (χ3v) is 3.27. The Labute approximate surface area is 130 Å². The van der Waals surface area contributed by atoms with Gasteiger partial charge in [0.05, 0.1) is 13.0 Å². The summed E-state index contributed by atoms with van der Waals surface area (Å²) in [5, 5.41) is 5.41. The van der Waals surface area contributed by atoms with Crippen LogP contribution in [0.25, 0.3) is 0 Å². The van der Waals surface area contributed by atoms with Gasteiger partial charge in [-0.05, 0) is 29.7 Å². The van der Waals surface area contributed by atoms with Gasteiger partial charge in [0.1, 0.15) is 0 Å². The molecule has 0 unspecified atom stereocenters. The smallest absolute Gasteiger partial charge is 0.243 e. The van der Waals surface area contributed by atoms with Gasteiger partial charge < -0.3 is 10.6 Å². The van der Waals surface area contributed by atoms with E-state index in [1.807, 2.05) is 54.6 Å². The molecule has 0 aromatic heterocycles. The Kier molecular flexibility index (Phi) is 5.72. The summed E-state index contributed by atoms with van der Waals surface area (Å²) in [7, 11) is 0. The molecule has 0 spiro atoms. The van der Waals surface area contributed by atoms with Crippen molar-refractivity contribution in [3.05, 3.63) is 65.7 Å². The lowest BCUT2D eigenvalue weighted by Gasteiger charge is -2.08. The van der Waals surface area contributed by atoms with Gasteiger partial charge in [-0.2, -0.15) is 0 Å². The standard InChI is InChI=1S/C18H20N2O2/c1-2-14-9-6-10-16(11-14)20-18(22)13-19-17(21)12-15-7-4-3-5-8-15/h3-11H,2,12-13H2,1H3,(H,19,21)(H,20,22). The molecule has 114 valence electrons. The molecule has 0 aliphatic carbocycles. The highest BCUT2D eigenvalue weighted by Crippen LogP contribution is 2.10. The molecule has 0 saturated heterocycles.